The summed E-state index contributed by atoms with van der Waals surface area (Å²) < 4.78 is 2.47. The van der Waals surface area contributed by atoms with Crippen LogP contribution in [0.3, 0.4) is 0 Å². The van der Waals surface area contributed by atoms with Gasteiger partial charge in [0.05, 0.1) is 22.4 Å². The molecule has 64 heavy (non-hydrogen) atoms. The average molecular weight is 813 g/mol. The lowest BCUT2D eigenvalue weighted by atomic mass is 9.85. The Bertz CT molecular complexity index is 3950. The molecule has 2 nitrogen and oxygen atoms in total. The highest BCUT2D eigenvalue weighted by molar-refractivity contribution is 6.23. The summed E-state index contributed by atoms with van der Waals surface area (Å²) in [6.45, 7) is 0. The van der Waals surface area contributed by atoms with Gasteiger partial charge in [-0.15, -0.1) is 0 Å². The van der Waals surface area contributed by atoms with E-state index in [2.05, 4.69) is 252 Å². The maximum absolute atomic E-state index is 2.50. The number of benzene rings is 12. The number of anilines is 3. The fourth-order valence-electron chi connectivity index (χ4n) is 10.5. The molecular formula is C62H40N2. The first-order chi connectivity index (χ1) is 31.8. The van der Waals surface area contributed by atoms with Crippen molar-refractivity contribution in [3.8, 4) is 27.9 Å². The van der Waals surface area contributed by atoms with Crippen LogP contribution in [0.1, 0.15) is 0 Å². The molecule has 0 unspecified atom stereocenters. The Morgan fingerprint density at radius 3 is 1.48 bits per heavy atom. The lowest BCUT2D eigenvalue weighted by molar-refractivity contribution is 1.19. The second-order valence-corrected chi connectivity index (χ2v) is 16.8. The van der Waals surface area contributed by atoms with Crippen LogP contribution in [0.4, 0.5) is 17.1 Å². The summed E-state index contributed by atoms with van der Waals surface area (Å²) in [4.78, 5) is 2.50. The number of fused-ring (bicyclic) bond motifs is 10. The summed E-state index contributed by atoms with van der Waals surface area (Å²) in [5, 5.41) is 14.7. The van der Waals surface area contributed by atoms with E-state index in [1.165, 1.54) is 98.1 Å². The molecule has 0 saturated heterocycles. The summed E-state index contributed by atoms with van der Waals surface area (Å²) in [5.41, 5.74) is 11.7. The molecule has 2 heteroatoms. The van der Waals surface area contributed by atoms with Gasteiger partial charge in [-0.1, -0.05) is 200 Å². The van der Waals surface area contributed by atoms with E-state index >= 15 is 0 Å². The van der Waals surface area contributed by atoms with Crippen LogP contribution < -0.4 is 4.90 Å². The molecule has 13 aromatic rings. The van der Waals surface area contributed by atoms with Crippen molar-refractivity contribution >= 4 is 92.7 Å². The monoisotopic (exact) mass is 812 g/mol. The van der Waals surface area contributed by atoms with Crippen molar-refractivity contribution in [3.05, 3.63) is 243 Å². The van der Waals surface area contributed by atoms with Gasteiger partial charge >= 0.3 is 0 Å². The summed E-state index contributed by atoms with van der Waals surface area (Å²) in [5.74, 6) is 0. The van der Waals surface area contributed by atoms with Gasteiger partial charge in [0.2, 0.25) is 0 Å². The van der Waals surface area contributed by atoms with Crippen molar-refractivity contribution < 1.29 is 0 Å². The van der Waals surface area contributed by atoms with Gasteiger partial charge in [-0.05, 0) is 108 Å². The molecule has 12 aromatic carbocycles. The van der Waals surface area contributed by atoms with Crippen LogP contribution in [0.25, 0.3) is 104 Å². The summed E-state index contributed by atoms with van der Waals surface area (Å²) in [6.07, 6.45) is 0. The highest BCUT2D eigenvalue weighted by Crippen LogP contribution is 2.49. The Morgan fingerprint density at radius 1 is 0.266 bits per heavy atom. The molecule has 13 rings (SSSR count). The third kappa shape index (κ3) is 5.59. The van der Waals surface area contributed by atoms with Gasteiger partial charge in [-0.3, -0.25) is 0 Å². The highest BCUT2D eigenvalue weighted by Gasteiger charge is 2.23. The van der Waals surface area contributed by atoms with E-state index in [-0.39, 0.29) is 0 Å². The first-order valence-corrected chi connectivity index (χ1v) is 22.1. The van der Waals surface area contributed by atoms with E-state index in [0.29, 0.717) is 0 Å². The smallest absolute Gasteiger partial charge is 0.0562 e. The molecule has 0 radical (unpaired) electrons. The largest absolute Gasteiger partial charge is 0.310 e. The van der Waals surface area contributed by atoms with Gasteiger partial charge in [-0.2, -0.15) is 0 Å². The van der Waals surface area contributed by atoms with Gasteiger partial charge in [0.1, 0.15) is 0 Å². The molecule has 1 heterocycles. The molecule has 0 spiro atoms. The normalized spacial score (nSPS) is 11.8. The van der Waals surface area contributed by atoms with Crippen LogP contribution >= 0.6 is 0 Å². The molecule has 0 N–H and O–H groups in total. The van der Waals surface area contributed by atoms with Crippen LogP contribution in [0.15, 0.2) is 243 Å². The van der Waals surface area contributed by atoms with Crippen LogP contribution in [0, 0.1) is 0 Å². The van der Waals surface area contributed by atoms with Crippen LogP contribution in [0.5, 0.6) is 0 Å². The summed E-state index contributed by atoms with van der Waals surface area (Å²) in [6, 6.07) is 89.3. The predicted octanol–water partition coefficient (Wildman–Crippen LogP) is 17.4. The number of nitrogens with zero attached hydrogens (tertiary/aromatic N) is 2. The molecule has 0 aliphatic rings. The minimum absolute atomic E-state index is 1.09. The zero-order valence-corrected chi connectivity index (χ0v) is 35.0. The van der Waals surface area contributed by atoms with E-state index in [0.717, 1.165) is 22.6 Å². The van der Waals surface area contributed by atoms with Crippen molar-refractivity contribution in [1.29, 1.82) is 0 Å². The predicted molar refractivity (Wildman–Crippen MR) is 274 cm³/mol. The topological polar surface area (TPSA) is 8.17 Å². The Kier molecular flexibility index (Phi) is 8.25. The zero-order chi connectivity index (χ0) is 42.1. The van der Waals surface area contributed by atoms with Crippen LogP contribution in [-0.4, -0.2) is 4.57 Å². The SMILES string of the molecule is c1ccc(-c2c(-c3ccccc3)c3cc(N(c4ccc5c6ccccc6n(-c6cccc7ccccc67)c5c4)c4cc5ccccc5c5ccccc45)ccc3c3ccccc23)cc1. The second-order valence-electron chi connectivity index (χ2n) is 16.8. The molecule has 0 amide bonds. The van der Waals surface area contributed by atoms with Gasteiger partial charge in [0.15, 0.2) is 0 Å². The molecule has 0 bridgehead atoms. The molecule has 0 fully saturated rings. The third-order valence-electron chi connectivity index (χ3n) is 13.3. The lowest BCUT2D eigenvalue weighted by Gasteiger charge is -2.29. The first-order valence-electron chi connectivity index (χ1n) is 22.1. The summed E-state index contributed by atoms with van der Waals surface area (Å²) >= 11 is 0. The lowest BCUT2D eigenvalue weighted by Crippen LogP contribution is -2.11. The average Bonchev–Trinajstić information content (AvgIpc) is 3.69. The van der Waals surface area contributed by atoms with E-state index in [1.807, 2.05) is 0 Å². The Hall–Kier alpha value is -8.46. The summed E-state index contributed by atoms with van der Waals surface area (Å²) in [7, 11) is 0. The van der Waals surface area contributed by atoms with Crippen molar-refractivity contribution in [2.45, 2.75) is 0 Å². The molecule has 0 atom stereocenters. The Balaban J connectivity index is 1.16. The zero-order valence-electron chi connectivity index (χ0n) is 35.0. The maximum Gasteiger partial charge on any atom is 0.0562 e. The molecule has 0 aliphatic heterocycles. The molecule has 0 aliphatic carbocycles. The first kappa shape index (κ1) is 36.2. The van der Waals surface area contributed by atoms with Crippen molar-refractivity contribution in [1.82, 2.24) is 4.57 Å². The van der Waals surface area contributed by atoms with Gasteiger partial charge in [-0.25, -0.2) is 0 Å². The van der Waals surface area contributed by atoms with Crippen molar-refractivity contribution in [2.24, 2.45) is 0 Å². The van der Waals surface area contributed by atoms with Crippen LogP contribution in [-0.2, 0) is 0 Å². The van der Waals surface area contributed by atoms with E-state index in [9.17, 15) is 0 Å². The fraction of sp³-hybridized carbons (Fsp3) is 0. The number of hydrogen-bond acceptors (Lipinski definition) is 1. The number of para-hydroxylation sites is 1. The van der Waals surface area contributed by atoms with Gasteiger partial charge < -0.3 is 9.47 Å². The van der Waals surface area contributed by atoms with E-state index in [4.69, 9.17) is 0 Å². The molecule has 298 valence electrons. The van der Waals surface area contributed by atoms with Gasteiger partial charge in [0.25, 0.3) is 0 Å². The molecule has 0 saturated carbocycles. The number of hydrogen-bond donors (Lipinski definition) is 0. The number of aromatic nitrogens is 1. The van der Waals surface area contributed by atoms with E-state index in [1.54, 1.807) is 0 Å². The Labute approximate surface area is 371 Å². The molecule has 1 aromatic heterocycles. The Morgan fingerprint density at radius 2 is 0.750 bits per heavy atom. The second kappa shape index (κ2) is 14.6. The minimum atomic E-state index is 1.09. The fourth-order valence-corrected chi connectivity index (χ4v) is 10.5. The van der Waals surface area contributed by atoms with Crippen LogP contribution in [0.2, 0.25) is 0 Å². The van der Waals surface area contributed by atoms with Gasteiger partial charge in [0, 0.05) is 32.9 Å². The highest BCUT2D eigenvalue weighted by atomic mass is 15.1. The minimum Gasteiger partial charge on any atom is -0.310 e. The molecular weight excluding hydrogens is 773 g/mol. The standard InChI is InChI=1S/C62H40N2/c1-3-19-42(20-4-1)61-55-31-14-12-28-50(55)51-36-34-45(39-56(51)62(61)43-21-5-2-6-22-43)63(59-38-44-23-8-9-25-47(44)49-27-11-13-29-52(49)59)46-35-37-54-53-30-15-16-32-58(53)64(60(54)40-46)57-33-17-24-41-18-7-10-26-48(41)57/h1-40H. The van der Waals surface area contributed by atoms with Crippen molar-refractivity contribution in [3.63, 3.8) is 0 Å². The third-order valence-corrected chi connectivity index (χ3v) is 13.3. The quantitative estimate of drug-likeness (QED) is 0.152. The number of rotatable bonds is 6. The van der Waals surface area contributed by atoms with Crippen molar-refractivity contribution in [2.75, 3.05) is 4.90 Å². The maximum atomic E-state index is 2.50. The van der Waals surface area contributed by atoms with E-state index < -0.39 is 0 Å².